The van der Waals surface area contributed by atoms with Crippen molar-refractivity contribution in [3.63, 3.8) is 0 Å². The second kappa shape index (κ2) is 6.91. The van der Waals surface area contributed by atoms with Gasteiger partial charge in [-0.3, -0.25) is 0 Å². The summed E-state index contributed by atoms with van der Waals surface area (Å²) in [4.78, 5) is 0. The molecule has 0 N–H and O–H groups in total. The van der Waals surface area contributed by atoms with E-state index in [1.54, 1.807) is 0 Å². The molecule has 0 saturated carbocycles. The molecule has 0 unspecified atom stereocenters. The van der Waals surface area contributed by atoms with Gasteiger partial charge in [-0.15, -0.1) is 23.2 Å². The van der Waals surface area contributed by atoms with E-state index in [0.29, 0.717) is 0 Å². The summed E-state index contributed by atoms with van der Waals surface area (Å²) in [5.41, 5.74) is 0. The van der Waals surface area contributed by atoms with Crippen LogP contribution in [0.1, 0.15) is 26.2 Å². The van der Waals surface area contributed by atoms with Gasteiger partial charge < -0.3 is 0 Å². The van der Waals surface area contributed by atoms with Gasteiger partial charge >= 0.3 is 0 Å². The number of alkyl halides is 2. The molecule has 0 amide bonds. The fourth-order valence-electron chi connectivity index (χ4n) is 0.725. The van der Waals surface area contributed by atoms with Crippen molar-refractivity contribution >= 4 is 32.7 Å². The molecule has 0 saturated heterocycles. The van der Waals surface area contributed by atoms with Crippen molar-refractivity contribution in [2.75, 3.05) is 0 Å². The van der Waals surface area contributed by atoms with E-state index in [1.165, 1.54) is 25.3 Å². The highest BCUT2D eigenvalue weighted by atomic mass is 35.5. The molecule has 0 heterocycles. The highest BCUT2D eigenvalue weighted by Crippen LogP contribution is 2.05. The zero-order valence-electron chi connectivity index (χ0n) is 5.87. The number of halogens is 2. The zero-order chi connectivity index (χ0) is 7.11. The maximum atomic E-state index is 5.58. The van der Waals surface area contributed by atoms with Crippen LogP contribution in [0.25, 0.3) is 0 Å². The Morgan fingerprint density at radius 2 is 2.00 bits per heavy atom. The van der Waals surface area contributed by atoms with E-state index >= 15 is 0 Å². The smallest absolute Gasteiger partial charge is 0.0908 e. The van der Waals surface area contributed by atoms with Gasteiger partial charge in [0.2, 0.25) is 0 Å². The van der Waals surface area contributed by atoms with Gasteiger partial charge in [-0.25, -0.2) is 0 Å². The monoisotopic (exact) mass is 184 g/mol. The molecule has 0 aliphatic carbocycles. The third-order valence-corrected chi connectivity index (χ3v) is 3.93. The van der Waals surface area contributed by atoms with Gasteiger partial charge in [0.05, 0.1) is 14.0 Å². The van der Waals surface area contributed by atoms with Gasteiger partial charge in [0.15, 0.2) is 0 Å². The van der Waals surface area contributed by atoms with Gasteiger partial charge in [-0.1, -0.05) is 32.2 Å². The maximum Gasteiger partial charge on any atom is 0.0908 e. The Labute approximate surface area is 69.7 Å². The summed E-state index contributed by atoms with van der Waals surface area (Å²) in [5, 5.41) is 0. The molecule has 0 bridgehead atoms. The Kier molecular flexibility index (Phi) is 7.52. The van der Waals surface area contributed by atoms with Gasteiger partial charge in [0.1, 0.15) is 0 Å². The van der Waals surface area contributed by atoms with Crippen LogP contribution >= 0.6 is 23.2 Å². The lowest BCUT2D eigenvalue weighted by Crippen LogP contribution is -1.99. The molecule has 0 rings (SSSR count). The number of hydrogen-bond donors (Lipinski definition) is 0. The summed E-state index contributed by atoms with van der Waals surface area (Å²) < 4.78 is -0.0122. The minimum absolute atomic E-state index is 0.0122. The van der Waals surface area contributed by atoms with Gasteiger partial charge in [0.25, 0.3) is 0 Å². The second-order valence-corrected chi connectivity index (χ2v) is 6.65. The van der Waals surface area contributed by atoms with Crippen molar-refractivity contribution in [2.45, 2.75) is 36.7 Å². The Morgan fingerprint density at radius 1 is 1.33 bits per heavy atom. The normalized spacial score (nSPS) is 12.0. The van der Waals surface area contributed by atoms with Crippen LogP contribution in [0.5, 0.6) is 0 Å². The predicted octanol–water partition coefficient (Wildman–Crippen LogP) is 2.52. The number of rotatable bonds is 5. The van der Waals surface area contributed by atoms with E-state index in [9.17, 15) is 0 Å². The Hall–Kier alpha value is 0.797. The number of unbranched alkanes of at least 4 members (excludes halogenated alkanes) is 2. The summed E-state index contributed by atoms with van der Waals surface area (Å²) in [7, 11) is -0.143. The van der Waals surface area contributed by atoms with E-state index in [-0.39, 0.29) is 14.0 Å². The van der Waals surface area contributed by atoms with Crippen molar-refractivity contribution in [3.8, 4) is 0 Å². The first-order valence-corrected chi connectivity index (χ1v) is 6.24. The van der Waals surface area contributed by atoms with Crippen LogP contribution in [-0.4, -0.2) is 14.0 Å². The summed E-state index contributed by atoms with van der Waals surface area (Å²) >= 11 is 11.2. The fourth-order valence-corrected chi connectivity index (χ4v) is 2.60. The Bertz CT molecular complexity index is 57.0. The molecular formula is C6H14Cl2Si. The van der Waals surface area contributed by atoms with E-state index in [4.69, 9.17) is 23.2 Å². The molecule has 9 heavy (non-hydrogen) atoms. The molecule has 3 heteroatoms. The van der Waals surface area contributed by atoms with Gasteiger partial charge in [0, 0.05) is 0 Å². The molecule has 0 aromatic carbocycles. The summed E-state index contributed by atoms with van der Waals surface area (Å²) in [6.07, 6.45) is 3.97. The molecule has 0 aliphatic heterocycles. The van der Waals surface area contributed by atoms with Crippen LogP contribution in [0.2, 0.25) is 6.04 Å². The average Bonchev–Trinajstić information content (AvgIpc) is 1.80. The number of hydrogen-bond acceptors (Lipinski definition) is 0. The third kappa shape index (κ3) is 8.80. The summed E-state index contributed by atoms with van der Waals surface area (Å²) in [6.45, 7) is 2.21. The first kappa shape index (κ1) is 9.80. The molecule has 0 spiro atoms. The molecule has 0 atom stereocenters. The van der Waals surface area contributed by atoms with Crippen LogP contribution in [0.3, 0.4) is 0 Å². The Balaban J connectivity index is 2.75. The largest absolute Gasteiger partial charge is 0.110 e. The van der Waals surface area contributed by atoms with Crippen molar-refractivity contribution in [1.29, 1.82) is 0 Å². The minimum Gasteiger partial charge on any atom is -0.110 e. The molecule has 0 fully saturated rings. The Morgan fingerprint density at radius 3 is 2.44 bits per heavy atom. The van der Waals surface area contributed by atoms with Crippen molar-refractivity contribution < 1.29 is 0 Å². The molecular weight excluding hydrogens is 171 g/mol. The van der Waals surface area contributed by atoms with E-state index in [0.717, 1.165) is 0 Å². The van der Waals surface area contributed by atoms with Gasteiger partial charge in [-0.2, -0.15) is 0 Å². The van der Waals surface area contributed by atoms with Crippen LogP contribution in [0, 0.1) is 0 Å². The molecule has 0 nitrogen and oxygen atoms in total. The van der Waals surface area contributed by atoms with Crippen molar-refractivity contribution in [2.24, 2.45) is 0 Å². The van der Waals surface area contributed by atoms with E-state index in [2.05, 4.69) is 6.92 Å². The molecule has 0 aliphatic rings. The van der Waals surface area contributed by atoms with Crippen LogP contribution in [0.4, 0.5) is 0 Å². The SMILES string of the molecule is CCCCC[SiH2]C(Cl)Cl. The predicted molar refractivity (Wildman–Crippen MR) is 48.4 cm³/mol. The highest BCUT2D eigenvalue weighted by Gasteiger charge is 1.97. The first-order valence-electron chi connectivity index (χ1n) is 3.55. The third-order valence-electron chi connectivity index (χ3n) is 1.28. The first-order chi connectivity index (χ1) is 4.27. The highest BCUT2D eigenvalue weighted by molar-refractivity contribution is 6.68. The van der Waals surface area contributed by atoms with Crippen molar-refractivity contribution in [1.82, 2.24) is 0 Å². The van der Waals surface area contributed by atoms with Crippen LogP contribution in [0.15, 0.2) is 0 Å². The standard InChI is InChI=1S/C6H14Cl2Si/c1-2-3-4-5-9-6(7)8/h6H,2-5,9H2,1H3. The van der Waals surface area contributed by atoms with Crippen molar-refractivity contribution in [3.05, 3.63) is 0 Å². The molecule has 0 aromatic rings. The average molecular weight is 185 g/mol. The molecule has 0 radical (unpaired) electrons. The van der Waals surface area contributed by atoms with Crippen LogP contribution in [-0.2, 0) is 0 Å². The zero-order valence-corrected chi connectivity index (χ0v) is 8.79. The molecule has 56 valence electrons. The van der Waals surface area contributed by atoms with Gasteiger partial charge in [-0.05, 0) is 0 Å². The lowest BCUT2D eigenvalue weighted by molar-refractivity contribution is 0.768. The quantitative estimate of drug-likeness (QED) is 0.351. The maximum absolute atomic E-state index is 5.58. The lowest BCUT2D eigenvalue weighted by atomic mass is 10.3. The second-order valence-electron chi connectivity index (χ2n) is 2.24. The molecule has 0 aromatic heterocycles. The topological polar surface area (TPSA) is 0 Å². The summed E-state index contributed by atoms with van der Waals surface area (Å²) in [5.74, 6) is 0. The summed E-state index contributed by atoms with van der Waals surface area (Å²) in [6, 6.07) is 1.31. The van der Waals surface area contributed by atoms with E-state index in [1.807, 2.05) is 0 Å². The lowest BCUT2D eigenvalue weighted by Gasteiger charge is -1.97. The minimum atomic E-state index is -0.143. The van der Waals surface area contributed by atoms with E-state index < -0.39 is 0 Å². The van der Waals surface area contributed by atoms with Crippen LogP contribution < -0.4 is 0 Å². The fraction of sp³-hybridized carbons (Fsp3) is 1.00.